The van der Waals surface area contributed by atoms with E-state index < -0.39 is 16.0 Å². The predicted molar refractivity (Wildman–Crippen MR) is 73.1 cm³/mol. The molecule has 1 aromatic heterocycles. The van der Waals surface area contributed by atoms with Crippen LogP contribution in [0.5, 0.6) is 0 Å². The average molecular weight is 304 g/mol. The zero-order chi connectivity index (χ0) is 14.2. The Morgan fingerprint density at radius 3 is 2.74 bits per heavy atom. The molecule has 0 aliphatic carbocycles. The van der Waals surface area contributed by atoms with Gasteiger partial charge in [0.2, 0.25) is 10.0 Å². The Hall–Kier alpha value is -0.990. The van der Waals surface area contributed by atoms with Gasteiger partial charge in [-0.25, -0.2) is 13.2 Å². The van der Waals surface area contributed by atoms with Crippen LogP contribution in [-0.2, 0) is 17.1 Å². The highest BCUT2D eigenvalue weighted by molar-refractivity contribution is 7.99. The quantitative estimate of drug-likeness (QED) is 0.892. The SMILES string of the molecule is CN(C1CCSC1)S(=O)(=O)c1cc(C(=O)O)n(C)c1. The maximum absolute atomic E-state index is 12.4. The summed E-state index contributed by atoms with van der Waals surface area (Å²) in [6.07, 6.45) is 2.18. The van der Waals surface area contributed by atoms with E-state index in [4.69, 9.17) is 5.11 Å². The number of carboxylic acids is 1. The number of aromatic carboxylic acids is 1. The van der Waals surface area contributed by atoms with E-state index in [9.17, 15) is 13.2 Å². The van der Waals surface area contributed by atoms with Crippen LogP contribution in [0, 0.1) is 0 Å². The molecule has 1 N–H and O–H groups in total. The largest absolute Gasteiger partial charge is 0.477 e. The zero-order valence-electron chi connectivity index (χ0n) is 10.7. The molecule has 2 heterocycles. The van der Waals surface area contributed by atoms with Crippen LogP contribution in [0.3, 0.4) is 0 Å². The molecule has 0 radical (unpaired) electrons. The number of carbonyl (C=O) groups is 1. The van der Waals surface area contributed by atoms with Gasteiger partial charge in [-0.2, -0.15) is 16.1 Å². The Kier molecular flexibility index (Phi) is 3.93. The number of rotatable bonds is 4. The number of aryl methyl sites for hydroxylation is 1. The molecule has 19 heavy (non-hydrogen) atoms. The van der Waals surface area contributed by atoms with E-state index in [0.29, 0.717) is 0 Å². The van der Waals surface area contributed by atoms with Gasteiger partial charge in [0.05, 0.1) is 0 Å². The minimum absolute atomic E-state index is 0.0107. The molecule has 6 nitrogen and oxygen atoms in total. The van der Waals surface area contributed by atoms with Crippen molar-refractivity contribution in [3.05, 3.63) is 18.0 Å². The topological polar surface area (TPSA) is 79.6 Å². The molecule has 8 heteroatoms. The van der Waals surface area contributed by atoms with Gasteiger partial charge in [-0.3, -0.25) is 0 Å². The number of carboxylic acid groups (broad SMARTS) is 1. The Morgan fingerprint density at radius 1 is 1.58 bits per heavy atom. The van der Waals surface area contributed by atoms with Crippen LogP contribution in [0.15, 0.2) is 17.2 Å². The normalized spacial score (nSPS) is 20.1. The van der Waals surface area contributed by atoms with E-state index >= 15 is 0 Å². The van der Waals surface area contributed by atoms with Crippen molar-refractivity contribution in [2.24, 2.45) is 7.05 Å². The fourth-order valence-electron chi connectivity index (χ4n) is 2.06. The summed E-state index contributed by atoms with van der Waals surface area (Å²) in [5.74, 6) is 0.608. The van der Waals surface area contributed by atoms with Crippen LogP contribution in [0.1, 0.15) is 16.9 Å². The molecular weight excluding hydrogens is 288 g/mol. The maximum Gasteiger partial charge on any atom is 0.352 e. The second-order valence-corrected chi connectivity index (χ2v) is 7.66. The second-order valence-electron chi connectivity index (χ2n) is 4.52. The highest BCUT2D eigenvalue weighted by Gasteiger charge is 2.31. The van der Waals surface area contributed by atoms with E-state index in [-0.39, 0.29) is 16.6 Å². The highest BCUT2D eigenvalue weighted by atomic mass is 32.2. The smallest absolute Gasteiger partial charge is 0.352 e. The van der Waals surface area contributed by atoms with Crippen LogP contribution in [-0.4, -0.2) is 53.0 Å². The molecule has 2 rings (SSSR count). The molecule has 0 amide bonds. The van der Waals surface area contributed by atoms with Crippen molar-refractivity contribution < 1.29 is 18.3 Å². The third-order valence-corrected chi connectivity index (χ3v) is 6.32. The van der Waals surface area contributed by atoms with Crippen molar-refractivity contribution in [1.29, 1.82) is 0 Å². The molecule has 1 unspecified atom stereocenters. The van der Waals surface area contributed by atoms with E-state index in [1.54, 1.807) is 18.8 Å². The summed E-state index contributed by atoms with van der Waals surface area (Å²) in [4.78, 5) is 11.0. The van der Waals surface area contributed by atoms with Crippen LogP contribution < -0.4 is 0 Å². The first-order chi connectivity index (χ1) is 8.84. The summed E-state index contributed by atoms with van der Waals surface area (Å²) in [5.41, 5.74) is -0.0345. The number of nitrogens with zero attached hydrogens (tertiary/aromatic N) is 2. The highest BCUT2D eigenvalue weighted by Crippen LogP contribution is 2.26. The number of hydrogen-bond donors (Lipinski definition) is 1. The minimum Gasteiger partial charge on any atom is -0.477 e. The Morgan fingerprint density at radius 2 is 2.26 bits per heavy atom. The predicted octanol–water partition coefficient (Wildman–Crippen LogP) is 0.849. The lowest BCUT2D eigenvalue weighted by atomic mass is 10.3. The van der Waals surface area contributed by atoms with Gasteiger partial charge in [0, 0.05) is 32.1 Å². The summed E-state index contributed by atoms with van der Waals surface area (Å²) < 4.78 is 27.5. The number of aromatic nitrogens is 1. The lowest BCUT2D eigenvalue weighted by molar-refractivity contribution is 0.0686. The standard InChI is InChI=1S/C11H16N2O4S2/c1-12-6-9(5-10(12)11(14)15)19(16,17)13(2)8-3-4-18-7-8/h5-6,8H,3-4,7H2,1-2H3,(H,14,15). The zero-order valence-corrected chi connectivity index (χ0v) is 12.4. The fraction of sp³-hybridized carbons (Fsp3) is 0.545. The average Bonchev–Trinajstić information content (AvgIpc) is 2.96. The van der Waals surface area contributed by atoms with Crippen LogP contribution in [0.4, 0.5) is 0 Å². The summed E-state index contributed by atoms with van der Waals surface area (Å²) in [6.45, 7) is 0. The van der Waals surface area contributed by atoms with Gasteiger partial charge in [-0.05, 0) is 18.2 Å². The van der Waals surface area contributed by atoms with Gasteiger partial charge in [0.25, 0.3) is 0 Å². The molecule has 1 aliphatic rings. The second kappa shape index (κ2) is 5.18. The van der Waals surface area contributed by atoms with Crippen molar-refractivity contribution in [2.45, 2.75) is 17.4 Å². The van der Waals surface area contributed by atoms with E-state index in [1.165, 1.54) is 28.2 Å². The summed E-state index contributed by atoms with van der Waals surface area (Å²) in [5, 5.41) is 8.96. The fourth-order valence-corrected chi connectivity index (χ4v) is 4.88. The number of hydrogen-bond acceptors (Lipinski definition) is 4. The molecule has 0 saturated carbocycles. The first-order valence-corrected chi connectivity index (χ1v) is 8.39. The monoisotopic (exact) mass is 304 g/mol. The minimum atomic E-state index is -3.62. The van der Waals surface area contributed by atoms with Crippen molar-refractivity contribution in [3.8, 4) is 0 Å². The molecule has 1 atom stereocenters. The van der Waals surface area contributed by atoms with Crippen molar-refractivity contribution in [2.75, 3.05) is 18.6 Å². The Labute approximate surface area is 116 Å². The first kappa shape index (κ1) is 14.4. The third-order valence-electron chi connectivity index (χ3n) is 3.30. The molecule has 0 spiro atoms. The molecule has 1 aromatic rings. The van der Waals surface area contributed by atoms with E-state index in [1.807, 2.05) is 0 Å². The molecular formula is C11H16N2O4S2. The third kappa shape index (κ3) is 2.65. The van der Waals surface area contributed by atoms with Gasteiger partial charge in [-0.15, -0.1) is 0 Å². The van der Waals surface area contributed by atoms with Crippen molar-refractivity contribution in [1.82, 2.24) is 8.87 Å². The lowest BCUT2D eigenvalue weighted by Crippen LogP contribution is -2.36. The summed E-state index contributed by atoms with van der Waals surface area (Å²) >= 11 is 1.73. The molecule has 1 aliphatic heterocycles. The Balaban J connectivity index is 2.33. The van der Waals surface area contributed by atoms with E-state index in [2.05, 4.69) is 0 Å². The molecule has 1 fully saturated rings. The maximum atomic E-state index is 12.4. The molecule has 0 bridgehead atoms. The van der Waals surface area contributed by atoms with Crippen LogP contribution in [0.2, 0.25) is 0 Å². The Bertz CT molecular complexity index is 588. The molecule has 106 valence electrons. The van der Waals surface area contributed by atoms with Crippen molar-refractivity contribution >= 4 is 27.8 Å². The summed E-state index contributed by atoms with van der Waals surface area (Å²) in [7, 11) is -0.545. The van der Waals surface area contributed by atoms with Gasteiger partial charge < -0.3 is 9.67 Å². The first-order valence-electron chi connectivity index (χ1n) is 5.79. The van der Waals surface area contributed by atoms with Gasteiger partial charge >= 0.3 is 5.97 Å². The van der Waals surface area contributed by atoms with Crippen molar-refractivity contribution in [3.63, 3.8) is 0 Å². The van der Waals surface area contributed by atoms with Crippen LogP contribution in [0.25, 0.3) is 0 Å². The number of thioether (sulfide) groups is 1. The lowest BCUT2D eigenvalue weighted by Gasteiger charge is -2.22. The van der Waals surface area contributed by atoms with E-state index in [0.717, 1.165) is 17.9 Å². The number of sulfonamides is 1. The summed E-state index contributed by atoms with van der Waals surface area (Å²) in [6, 6.07) is 1.19. The molecule has 1 saturated heterocycles. The van der Waals surface area contributed by atoms with Gasteiger partial charge in [0.1, 0.15) is 10.6 Å². The molecule has 0 aromatic carbocycles. The van der Waals surface area contributed by atoms with Gasteiger partial charge in [0.15, 0.2) is 0 Å². The van der Waals surface area contributed by atoms with Gasteiger partial charge in [-0.1, -0.05) is 0 Å². The van der Waals surface area contributed by atoms with Crippen LogP contribution >= 0.6 is 11.8 Å².